The summed E-state index contributed by atoms with van der Waals surface area (Å²) in [7, 11) is 0. The fraction of sp³-hybridized carbons (Fsp3) is 0.125. The van der Waals surface area contributed by atoms with Gasteiger partial charge < -0.3 is 5.73 Å². The average molecular weight is 201 g/mol. The Kier molecular flexibility index (Phi) is 3.97. The second-order valence-corrected chi connectivity index (χ2v) is 3.40. The van der Waals surface area contributed by atoms with Gasteiger partial charge in [-0.05, 0) is 6.07 Å². The minimum atomic E-state index is 0.713. The van der Waals surface area contributed by atoms with E-state index in [2.05, 4.69) is 4.98 Å². The van der Waals surface area contributed by atoms with Crippen LogP contribution in [-0.4, -0.2) is 10.7 Å². The van der Waals surface area contributed by atoms with Crippen molar-refractivity contribution in [2.45, 2.75) is 4.90 Å². The van der Waals surface area contributed by atoms with E-state index in [4.69, 9.17) is 17.3 Å². The van der Waals surface area contributed by atoms with Crippen molar-refractivity contribution in [3.05, 3.63) is 30.1 Å². The lowest BCUT2D eigenvalue weighted by atomic mass is 10.4. The zero-order valence-corrected chi connectivity index (χ0v) is 7.98. The lowest BCUT2D eigenvalue weighted by Gasteiger charge is -2.00. The van der Waals surface area contributed by atoms with Crippen molar-refractivity contribution in [1.29, 1.82) is 0 Å². The molecule has 0 radical (unpaired) electrons. The molecular weight excluding hydrogens is 192 g/mol. The first-order chi connectivity index (χ1) is 5.84. The molecule has 1 aromatic heterocycles. The van der Waals surface area contributed by atoms with Crippen LogP contribution in [0.2, 0.25) is 0 Å². The van der Waals surface area contributed by atoms with E-state index in [1.54, 1.807) is 24.2 Å². The molecular formula is C8H9ClN2S. The van der Waals surface area contributed by atoms with Gasteiger partial charge in [0, 0.05) is 22.4 Å². The minimum Gasteiger partial charge on any atom is -0.397 e. The molecule has 2 N–H and O–H groups in total. The summed E-state index contributed by atoms with van der Waals surface area (Å²) in [4.78, 5) is 4.93. The van der Waals surface area contributed by atoms with Crippen LogP contribution in [0.15, 0.2) is 35.0 Å². The molecule has 64 valence electrons. The molecule has 0 unspecified atom stereocenters. The van der Waals surface area contributed by atoms with E-state index < -0.39 is 0 Å². The van der Waals surface area contributed by atoms with Gasteiger partial charge in [0.15, 0.2) is 0 Å². The SMILES string of the molecule is Nc1cnccc1SC/C=C/Cl. The third-order valence-electron chi connectivity index (χ3n) is 1.23. The Morgan fingerprint density at radius 3 is 3.17 bits per heavy atom. The van der Waals surface area contributed by atoms with E-state index in [-0.39, 0.29) is 0 Å². The van der Waals surface area contributed by atoms with Crippen molar-refractivity contribution in [2.24, 2.45) is 0 Å². The predicted molar refractivity (Wildman–Crippen MR) is 54.4 cm³/mol. The highest BCUT2D eigenvalue weighted by Crippen LogP contribution is 2.23. The molecule has 0 atom stereocenters. The molecule has 0 amide bonds. The number of aromatic nitrogens is 1. The van der Waals surface area contributed by atoms with Crippen molar-refractivity contribution in [1.82, 2.24) is 4.98 Å². The van der Waals surface area contributed by atoms with Gasteiger partial charge in [0.05, 0.1) is 11.9 Å². The Morgan fingerprint density at radius 2 is 2.50 bits per heavy atom. The van der Waals surface area contributed by atoms with Gasteiger partial charge in [-0.2, -0.15) is 0 Å². The number of nitrogens with two attached hydrogens (primary N) is 1. The summed E-state index contributed by atoms with van der Waals surface area (Å²) in [5.74, 6) is 0.831. The van der Waals surface area contributed by atoms with Crippen molar-refractivity contribution >= 4 is 29.1 Å². The summed E-state index contributed by atoms with van der Waals surface area (Å²) in [6.45, 7) is 0. The lowest BCUT2D eigenvalue weighted by molar-refractivity contribution is 1.27. The molecule has 0 aromatic carbocycles. The largest absolute Gasteiger partial charge is 0.397 e. The fourth-order valence-electron chi connectivity index (χ4n) is 0.700. The van der Waals surface area contributed by atoms with Gasteiger partial charge in [-0.1, -0.05) is 17.7 Å². The molecule has 0 bridgehead atoms. The van der Waals surface area contributed by atoms with E-state index in [0.717, 1.165) is 10.6 Å². The van der Waals surface area contributed by atoms with Crippen LogP contribution in [-0.2, 0) is 0 Å². The van der Waals surface area contributed by atoms with Crippen LogP contribution in [0.4, 0.5) is 5.69 Å². The Labute approximate surface area is 80.8 Å². The highest BCUT2D eigenvalue weighted by Gasteiger charge is 1.95. The van der Waals surface area contributed by atoms with Crippen LogP contribution >= 0.6 is 23.4 Å². The maximum absolute atomic E-state index is 5.66. The van der Waals surface area contributed by atoms with Gasteiger partial charge in [-0.3, -0.25) is 4.98 Å². The first kappa shape index (κ1) is 9.42. The van der Waals surface area contributed by atoms with Gasteiger partial charge in [0.2, 0.25) is 0 Å². The molecule has 1 aromatic rings. The number of hydrogen-bond acceptors (Lipinski definition) is 3. The minimum absolute atomic E-state index is 0.713. The Bertz CT molecular complexity index is 276. The Balaban J connectivity index is 2.57. The number of anilines is 1. The van der Waals surface area contributed by atoms with Gasteiger partial charge in [-0.25, -0.2) is 0 Å². The molecule has 4 heteroatoms. The number of pyridine rings is 1. The summed E-state index contributed by atoms with van der Waals surface area (Å²) in [6.07, 6.45) is 5.24. The first-order valence-electron chi connectivity index (χ1n) is 3.42. The second kappa shape index (κ2) is 5.06. The topological polar surface area (TPSA) is 38.9 Å². The van der Waals surface area contributed by atoms with Crippen LogP contribution in [0.25, 0.3) is 0 Å². The zero-order valence-electron chi connectivity index (χ0n) is 6.40. The van der Waals surface area contributed by atoms with Crippen molar-refractivity contribution in [3.8, 4) is 0 Å². The van der Waals surface area contributed by atoms with Crippen molar-refractivity contribution in [2.75, 3.05) is 11.5 Å². The fourth-order valence-corrected chi connectivity index (χ4v) is 1.64. The standard InChI is InChI=1S/C8H9ClN2S/c9-3-1-5-12-8-2-4-11-6-7(8)10/h1-4,6H,5,10H2/b3-1+. The van der Waals surface area contributed by atoms with E-state index in [0.29, 0.717) is 5.69 Å². The third kappa shape index (κ3) is 2.75. The highest BCUT2D eigenvalue weighted by molar-refractivity contribution is 7.99. The van der Waals surface area contributed by atoms with Gasteiger partial charge in [0.25, 0.3) is 0 Å². The van der Waals surface area contributed by atoms with Crippen LogP contribution in [0, 0.1) is 0 Å². The number of nitrogens with zero attached hydrogens (tertiary/aromatic N) is 1. The number of hydrogen-bond donors (Lipinski definition) is 1. The molecule has 2 nitrogen and oxygen atoms in total. The van der Waals surface area contributed by atoms with E-state index in [9.17, 15) is 0 Å². The zero-order chi connectivity index (χ0) is 8.81. The number of nitrogen functional groups attached to an aromatic ring is 1. The molecule has 0 saturated carbocycles. The summed E-state index contributed by atoms with van der Waals surface area (Å²) < 4.78 is 0. The monoisotopic (exact) mass is 200 g/mol. The molecule has 0 saturated heterocycles. The third-order valence-corrected chi connectivity index (χ3v) is 2.45. The van der Waals surface area contributed by atoms with E-state index in [1.165, 1.54) is 5.54 Å². The summed E-state index contributed by atoms with van der Waals surface area (Å²) >= 11 is 7.01. The predicted octanol–water partition coefficient (Wildman–Crippen LogP) is 2.51. The van der Waals surface area contributed by atoms with Gasteiger partial charge in [0.1, 0.15) is 0 Å². The lowest BCUT2D eigenvalue weighted by Crippen LogP contribution is -1.89. The van der Waals surface area contributed by atoms with E-state index >= 15 is 0 Å². The molecule has 0 aliphatic heterocycles. The Morgan fingerprint density at radius 1 is 1.67 bits per heavy atom. The number of thioether (sulfide) groups is 1. The summed E-state index contributed by atoms with van der Waals surface area (Å²) in [6, 6.07) is 1.89. The average Bonchev–Trinajstić information content (AvgIpc) is 2.09. The highest BCUT2D eigenvalue weighted by atomic mass is 35.5. The smallest absolute Gasteiger partial charge is 0.0638 e. The quantitative estimate of drug-likeness (QED) is 0.763. The van der Waals surface area contributed by atoms with Gasteiger partial charge in [-0.15, -0.1) is 11.8 Å². The van der Waals surface area contributed by atoms with Crippen molar-refractivity contribution < 1.29 is 0 Å². The van der Waals surface area contributed by atoms with Gasteiger partial charge >= 0.3 is 0 Å². The molecule has 0 fully saturated rings. The molecule has 0 aliphatic rings. The van der Waals surface area contributed by atoms with Crippen LogP contribution in [0.3, 0.4) is 0 Å². The summed E-state index contributed by atoms with van der Waals surface area (Å²) in [5.41, 5.74) is 7.88. The maximum atomic E-state index is 5.66. The Hall–Kier alpha value is -0.670. The number of halogens is 1. The van der Waals surface area contributed by atoms with Crippen LogP contribution in [0.1, 0.15) is 0 Å². The van der Waals surface area contributed by atoms with Crippen LogP contribution in [0.5, 0.6) is 0 Å². The molecule has 1 heterocycles. The van der Waals surface area contributed by atoms with E-state index in [1.807, 2.05) is 12.1 Å². The van der Waals surface area contributed by atoms with Crippen molar-refractivity contribution in [3.63, 3.8) is 0 Å². The van der Waals surface area contributed by atoms with Crippen LogP contribution < -0.4 is 5.73 Å². The summed E-state index contributed by atoms with van der Waals surface area (Å²) in [5, 5.41) is 0. The molecule has 12 heavy (non-hydrogen) atoms. The normalized spacial score (nSPS) is 10.8. The number of rotatable bonds is 3. The molecule has 1 rings (SSSR count). The molecule has 0 spiro atoms. The second-order valence-electron chi connectivity index (χ2n) is 2.09. The maximum Gasteiger partial charge on any atom is 0.0638 e. The first-order valence-corrected chi connectivity index (χ1v) is 4.84. The molecule has 0 aliphatic carbocycles.